The molecule has 4 rings (SSSR count). The molecule has 0 N–H and O–H groups in total. The lowest BCUT2D eigenvalue weighted by Crippen LogP contribution is -2.55. The van der Waals surface area contributed by atoms with Gasteiger partial charge in [-0.3, -0.25) is 0 Å². The second-order valence-corrected chi connectivity index (χ2v) is 4.73. The van der Waals surface area contributed by atoms with E-state index >= 15 is 0 Å². The van der Waals surface area contributed by atoms with Crippen molar-refractivity contribution in [3.05, 3.63) is 35.9 Å². The number of fused-ring (bicyclic) bond motifs is 3. The van der Waals surface area contributed by atoms with Crippen molar-refractivity contribution < 1.29 is 0 Å². The topological polar surface area (TPSA) is 6.48 Å². The molecule has 0 aromatic heterocycles. The molecule has 0 aliphatic carbocycles. The minimum atomic E-state index is 0.957. The molecule has 2 bridgehead atoms. The van der Waals surface area contributed by atoms with Crippen molar-refractivity contribution in [2.75, 3.05) is 19.6 Å². The van der Waals surface area contributed by atoms with Crippen LogP contribution in [0.15, 0.2) is 30.3 Å². The molecule has 0 atom stereocenters. The molecular formula is C13H18N2. The van der Waals surface area contributed by atoms with Crippen LogP contribution in [-0.2, 0) is 6.54 Å². The molecule has 80 valence electrons. The molecule has 15 heavy (non-hydrogen) atoms. The van der Waals surface area contributed by atoms with E-state index in [1.807, 2.05) is 0 Å². The Morgan fingerprint density at radius 3 is 2.40 bits per heavy atom. The van der Waals surface area contributed by atoms with Crippen molar-refractivity contribution in [3.63, 3.8) is 0 Å². The summed E-state index contributed by atoms with van der Waals surface area (Å²) in [4.78, 5) is 0. The van der Waals surface area contributed by atoms with Gasteiger partial charge in [-0.2, -0.15) is 0 Å². The van der Waals surface area contributed by atoms with Gasteiger partial charge in [-0.1, -0.05) is 30.3 Å². The van der Waals surface area contributed by atoms with Crippen LogP contribution in [0.5, 0.6) is 0 Å². The zero-order chi connectivity index (χ0) is 10.1. The molecule has 0 amide bonds. The Balaban J connectivity index is 1.69. The number of rotatable bonds is 2. The normalized spacial score (nSPS) is 30.7. The van der Waals surface area contributed by atoms with E-state index in [9.17, 15) is 0 Å². The highest BCUT2D eigenvalue weighted by atomic mass is 15.6. The lowest BCUT2D eigenvalue weighted by Gasteiger charge is -2.47. The average molecular weight is 202 g/mol. The number of nitrogens with zero attached hydrogens (tertiary/aromatic N) is 2. The van der Waals surface area contributed by atoms with E-state index in [2.05, 4.69) is 40.3 Å². The predicted octanol–water partition coefficient (Wildman–Crippen LogP) is 2.13. The quantitative estimate of drug-likeness (QED) is 0.725. The third kappa shape index (κ3) is 1.92. The van der Waals surface area contributed by atoms with Crippen LogP contribution in [0.3, 0.4) is 0 Å². The fraction of sp³-hybridized carbons (Fsp3) is 0.538. The maximum absolute atomic E-state index is 2.53. The number of hydrogen-bond acceptors (Lipinski definition) is 2. The van der Waals surface area contributed by atoms with Crippen molar-refractivity contribution in [1.82, 2.24) is 10.0 Å². The molecule has 0 unspecified atom stereocenters. The third-order valence-corrected chi connectivity index (χ3v) is 3.67. The molecule has 3 aliphatic heterocycles. The Labute approximate surface area is 91.5 Å². The van der Waals surface area contributed by atoms with Crippen LogP contribution in [0.2, 0.25) is 0 Å². The minimum Gasteiger partial charge on any atom is -0.241 e. The van der Waals surface area contributed by atoms with Crippen LogP contribution in [0, 0.1) is 5.92 Å². The second-order valence-electron chi connectivity index (χ2n) is 4.73. The molecule has 0 saturated carbocycles. The van der Waals surface area contributed by atoms with E-state index in [0.717, 1.165) is 12.5 Å². The first-order chi connectivity index (χ1) is 7.42. The zero-order valence-electron chi connectivity index (χ0n) is 9.10. The molecular weight excluding hydrogens is 184 g/mol. The van der Waals surface area contributed by atoms with E-state index in [4.69, 9.17) is 0 Å². The smallest absolute Gasteiger partial charge is 0.0384 e. The van der Waals surface area contributed by atoms with E-state index in [1.165, 1.54) is 38.0 Å². The molecule has 3 heterocycles. The van der Waals surface area contributed by atoms with Gasteiger partial charge in [0.05, 0.1) is 0 Å². The summed E-state index contributed by atoms with van der Waals surface area (Å²) in [5.74, 6) is 0.957. The molecule has 2 heteroatoms. The third-order valence-electron chi connectivity index (χ3n) is 3.67. The highest BCUT2D eigenvalue weighted by molar-refractivity contribution is 5.14. The van der Waals surface area contributed by atoms with Gasteiger partial charge in [0, 0.05) is 26.2 Å². The van der Waals surface area contributed by atoms with E-state index in [1.54, 1.807) is 0 Å². The molecule has 3 saturated heterocycles. The first kappa shape index (κ1) is 9.37. The molecule has 3 fully saturated rings. The first-order valence-corrected chi connectivity index (χ1v) is 5.95. The number of hydrazine groups is 1. The summed E-state index contributed by atoms with van der Waals surface area (Å²) in [5, 5.41) is 5.07. The summed E-state index contributed by atoms with van der Waals surface area (Å²) in [6.07, 6.45) is 2.82. The fourth-order valence-corrected chi connectivity index (χ4v) is 2.76. The van der Waals surface area contributed by atoms with Gasteiger partial charge in [0.15, 0.2) is 0 Å². The Hall–Kier alpha value is -0.860. The minimum absolute atomic E-state index is 0.957. The van der Waals surface area contributed by atoms with Gasteiger partial charge >= 0.3 is 0 Å². The maximum atomic E-state index is 2.53. The number of hydrogen-bond donors (Lipinski definition) is 0. The van der Waals surface area contributed by atoms with Gasteiger partial charge in [0.1, 0.15) is 0 Å². The van der Waals surface area contributed by atoms with Crippen LogP contribution in [0.4, 0.5) is 0 Å². The van der Waals surface area contributed by atoms with Gasteiger partial charge in [0.2, 0.25) is 0 Å². The Morgan fingerprint density at radius 2 is 1.80 bits per heavy atom. The van der Waals surface area contributed by atoms with Crippen LogP contribution in [0.25, 0.3) is 0 Å². The van der Waals surface area contributed by atoms with Crippen LogP contribution in [-0.4, -0.2) is 29.7 Å². The number of benzene rings is 1. The lowest BCUT2D eigenvalue weighted by atomic mass is 9.94. The van der Waals surface area contributed by atoms with Gasteiger partial charge in [0.25, 0.3) is 0 Å². The van der Waals surface area contributed by atoms with Crippen molar-refractivity contribution in [3.8, 4) is 0 Å². The van der Waals surface area contributed by atoms with Gasteiger partial charge in [-0.05, 0) is 24.3 Å². The van der Waals surface area contributed by atoms with Gasteiger partial charge in [-0.15, -0.1) is 0 Å². The molecule has 0 spiro atoms. The summed E-state index contributed by atoms with van der Waals surface area (Å²) < 4.78 is 0. The molecule has 1 aromatic rings. The van der Waals surface area contributed by atoms with Crippen molar-refractivity contribution in [2.24, 2.45) is 5.92 Å². The Bertz CT molecular complexity index is 315. The largest absolute Gasteiger partial charge is 0.241 e. The van der Waals surface area contributed by atoms with Crippen LogP contribution >= 0.6 is 0 Å². The standard InChI is InChI=1S/C13H18N2/c1-2-4-12(5-3-1)10-15-11-13-6-8-14(15)9-7-13/h1-5,13H,6-11H2. The van der Waals surface area contributed by atoms with Crippen LogP contribution in [0.1, 0.15) is 18.4 Å². The zero-order valence-corrected chi connectivity index (χ0v) is 9.10. The Kier molecular flexibility index (Phi) is 2.47. The lowest BCUT2D eigenvalue weighted by molar-refractivity contribution is -0.116. The summed E-state index contributed by atoms with van der Waals surface area (Å²) in [5.41, 5.74) is 1.44. The van der Waals surface area contributed by atoms with Gasteiger partial charge in [-0.25, -0.2) is 10.0 Å². The monoisotopic (exact) mass is 202 g/mol. The second kappa shape index (κ2) is 3.95. The van der Waals surface area contributed by atoms with E-state index < -0.39 is 0 Å². The fourth-order valence-electron chi connectivity index (χ4n) is 2.76. The molecule has 3 aliphatic rings. The maximum Gasteiger partial charge on any atom is 0.0384 e. The molecule has 0 radical (unpaired) electrons. The van der Waals surface area contributed by atoms with E-state index in [0.29, 0.717) is 0 Å². The van der Waals surface area contributed by atoms with Crippen molar-refractivity contribution in [1.29, 1.82) is 0 Å². The summed E-state index contributed by atoms with van der Waals surface area (Å²) in [6, 6.07) is 10.8. The SMILES string of the molecule is c1ccc(CN2CC3CCN2CC3)cc1. The average Bonchev–Trinajstić information content (AvgIpc) is 2.32. The molecule has 1 aromatic carbocycles. The Morgan fingerprint density at radius 1 is 1.07 bits per heavy atom. The van der Waals surface area contributed by atoms with Crippen LogP contribution < -0.4 is 0 Å². The predicted molar refractivity (Wildman–Crippen MR) is 61.1 cm³/mol. The highest BCUT2D eigenvalue weighted by Crippen LogP contribution is 2.27. The van der Waals surface area contributed by atoms with Gasteiger partial charge < -0.3 is 0 Å². The summed E-state index contributed by atoms with van der Waals surface area (Å²) in [6.45, 7) is 4.92. The summed E-state index contributed by atoms with van der Waals surface area (Å²) >= 11 is 0. The van der Waals surface area contributed by atoms with E-state index in [-0.39, 0.29) is 0 Å². The van der Waals surface area contributed by atoms with Crippen molar-refractivity contribution >= 4 is 0 Å². The van der Waals surface area contributed by atoms with Crippen molar-refractivity contribution in [2.45, 2.75) is 19.4 Å². The number of piperidine rings is 1. The summed E-state index contributed by atoms with van der Waals surface area (Å²) in [7, 11) is 0. The first-order valence-electron chi connectivity index (χ1n) is 5.95. The highest BCUT2D eigenvalue weighted by Gasteiger charge is 2.31. The molecule has 2 nitrogen and oxygen atoms in total.